The summed E-state index contributed by atoms with van der Waals surface area (Å²) in [5, 5.41) is 0. The lowest BCUT2D eigenvalue weighted by Gasteiger charge is -1.98. The van der Waals surface area contributed by atoms with Crippen LogP contribution in [-0.4, -0.2) is 10.9 Å². The van der Waals surface area contributed by atoms with Crippen molar-refractivity contribution in [3.05, 3.63) is 33.7 Å². The number of nitrogen functional groups attached to an aromatic ring is 1. The molecule has 0 spiro atoms. The molecule has 0 bridgehead atoms. The van der Waals surface area contributed by atoms with E-state index in [4.69, 9.17) is 5.84 Å². The van der Waals surface area contributed by atoms with Crippen molar-refractivity contribution < 1.29 is 4.79 Å². The molecule has 1 rings (SSSR count). The molecule has 0 radical (unpaired) electrons. The molecule has 64 valence electrons. The van der Waals surface area contributed by atoms with E-state index in [-0.39, 0.29) is 5.56 Å². The van der Waals surface area contributed by atoms with Crippen molar-refractivity contribution >= 4 is 5.91 Å². The van der Waals surface area contributed by atoms with Crippen LogP contribution in [0.1, 0.15) is 15.9 Å². The molecule has 0 atom stereocenters. The summed E-state index contributed by atoms with van der Waals surface area (Å²) in [7, 11) is 0. The Morgan fingerprint density at radius 3 is 2.92 bits per heavy atom. The Hall–Kier alpha value is -1.62. The Labute approximate surface area is 68.6 Å². The van der Waals surface area contributed by atoms with Crippen LogP contribution in [-0.2, 0) is 0 Å². The fourth-order valence-electron chi connectivity index (χ4n) is 0.838. The molecule has 1 aromatic heterocycles. The molecule has 1 aromatic rings. The molecule has 5 heteroatoms. The van der Waals surface area contributed by atoms with Crippen LogP contribution < -0.4 is 16.8 Å². The van der Waals surface area contributed by atoms with E-state index in [0.717, 1.165) is 5.56 Å². The number of amides is 1. The molecule has 5 nitrogen and oxygen atoms in total. The van der Waals surface area contributed by atoms with Gasteiger partial charge < -0.3 is 4.98 Å². The van der Waals surface area contributed by atoms with Gasteiger partial charge in [-0.1, -0.05) is 0 Å². The highest BCUT2D eigenvalue weighted by atomic mass is 16.2. The van der Waals surface area contributed by atoms with Crippen LogP contribution in [0.5, 0.6) is 0 Å². The highest BCUT2D eigenvalue weighted by Gasteiger charge is 2.07. The zero-order valence-corrected chi connectivity index (χ0v) is 6.55. The van der Waals surface area contributed by atoms with Gasteiger partial charge in [0.25, 0.3) is 11.5 Å². The summed E-state index contributed by atoms with van der Waals surface area (Å²) in [5.41, 5.74) is 2.27. The Kier molecular flexibility index (Phi) is 2.25. The molecule has 1 amide bonds. The van der Waals surface area contributed by atoms with Crippen LogP contribution in [0, 0.1) is 6.92 Å². The van der Waals surface area contributed by atoms with Gasteiger partial charge in [0.2, 0.25) is 0 Å². The number of aromatic nitrogens is 1. The minimum absolute atomic E-state index is 0.0255. The third-order valence-electron chi connectivity index (χ3n) is 1.42. The first-order valence-corrected chi connectivity index (χ1v) is 3.35. The van der Waals surface area contributed by atoms with Crippen molar-refractivity contribution in [3.8, 4) is 0 Å². The van der Waals surface area contributed by atoms with Gasteiger partial charge in [0.05, 0.1) is 0 Å². The van der Waals surface area contributed by atoms with Crippen molar-refractivity contribution in [1.29, 1.82) is 0 Å². The predicted molar refractivity (Wildman–Crippen MR) is 43.5 cm³/mol. The maximum atomic E-state index is 11.0. The van der Waals surface area contributed by atoms with Crippen LogP contribution in [0.15, 0.2) is 17.1 Å². The average Bonchev–Trinajstić information content (AvgIpc) is 2.08. The number of carbonyl (C=O) groups is 1. The van der Waals surface area contributed by atoms with Gasteiger partial charge in [-0.2, -0.15) is 0 Å². The number of aryl methyl sites for hydroxylation is 1. The topological polar surface area (TPSA) is 88.0 Å². The number of hydrogen-bond donors (Lipinski definition) is 3. The van der Waals surface area contributed by atoms with Crippen LogP contribution >= 0.6 is 0 Å². The number of aromatic amines is 1. The summed E-state index contributed by atoms with van der Waals surface area (Å²) in [6.07, 6.45) is 1.52. The summed E-state index contributed by atoms with van der Waals surface area (Å²) in [4.78, 5) is 24.3. The van der Waals surface area contributed by atoms with E-state index in [0.29, 0.717) is 0 Å². The summed E-state index contributed by atoms with van der Waals surface area (Å²) < 4.78 is 0. The molecule has 0 aliphatic carbocycles. The van der Waals surface area contributed by atoms with E-state index in [2.05, 4.69) is 4.98 Å². The number of nitrogens with one attached hydrogen (secondary N) is 2. The summed E-state index contributed by atoms with van der Waals surface area (Å²) in [6.45, 7) is 1.77. The zero-order valence-electron chi connectivity index (χ0n) is 6.55. The van der Waals surface area contributed by atoms with E-state index in [9.17, 15) is 9.59 Å². The monoisotopic (exact) mass is 167 g/mol. The van der Waals surface area contributed by atoms with Gasteiger partial charge in [0.1, 0.15) is 5.56 Å². The number of nitrogens with two attached hydrogens (primary N) is 1. The summed E-state index contributed by atoms with van der Waals surface area (Å²) >= 11 is 0. The first-order valence-electron chi connectivity index (χ1n) is 3.35. The van der Waals surface area contributed by atoms with Gasteiger partial charge in [-0.05, 0) is 18.6 Å². The quantitative estimate of drug-likeness (QED) is 0.293. The lowest BCUT2D eigenvalue weighted by molar-refractivity contribution is 0.0952. The number of hydrazine groups is 1. The number of H-pyrrole nitrogens is 1. The fraction of sp³-hybridized carbons (Fsp3) is 0.143. The molecular formula is C7H9N3O2. The van der Waals surface area contributed by atoms with Crippen molar-refractivity contribution in [2.24, 2.45) is 5.84 Å². The number of carbonyl (C=O) groups excluding carboxylic acids is 1. The SMILES string of the molecule is Cc1c[nH]c(=O)c(C(=O)NN)c1. The maximum absolute atomic E-state index is 11.0. The second kappa shape index (κ2) is 3.19. The van der Waals surface area contributed by atoms with Crippen molar-refractivity contribution in [2.45, 2.75) is 6.92 Å². The van der Waals surface area contributed by atoms with Crippen LogP contribution in [0.3, 0.4) is 0 Å². The van der Waals surface area contributed by atoms with Crippen LogP contribution in [0.4, 0.5) is 0 Å². The second-order valence-corrected chi connectivity index (χ2v) is 2.39. The Morgan fingerprint density at radius 1 is 1.67 bits per heavy atom. The van der Waals surface area contributed by atoms with E-state index in [1.54, 1.807) is 6.92 Å². The molecule has 0 aliphatic heterocycles. The first-order chi connectivity index (χ1) is 5.65. The highest BCUT2D eigenvalue weighted by molar-refractivity contribution is 5.93. The third-order valence-corrected chi connectivity index (χ3v) is 1.42. The predicted octanol–water partition coefficient (Wildman–Crippen LogP) is -0.713. The standard InChI is InChI=1S/C7H9N3O2/c1-4-2-5(7(12)10-8)6(11)9-3-4/h2-3H,8H2,1H3,(H,9,11)(H,10,12). The second-order valence-electron chi connectivity index (χ2n) is 2.39. The van der Waals surface area contributed by atoms with Gasteiger partial charge >= 0.3 is 0 Å². The Balaban J connectivity index is 3.23. The van der Waals surface area contributed by atoms with Gasteiger partial charge in [0.15, 0.2) is 0 Å². The lowest BCUT2D eigenvalue weighted by atomic mass is 10.2. The third kappa shape index (κ3) is 1.51. The number of rotatable bonds is 1. The van der Waals surface area contributed by atoms with E-state index >= 15 is 0 Å². The first kappa shape index (κ1) is 8.48. The van der Waals surface area contributed by atoms with E-state index < -0.39 is 11.5 Å². The lowest BCUT2D eigenvalue weighted by Crippen LogP contribution is -2.34. The van der Waals surface area contributed by atoms with Crippen molar-refractivity contribution in [3.63, 3.8) is 0 Å². The Bertz CT molecular complexity index is 356. The molecule has 0 unspecified atom stereocenters. The minimum Gasteiger partial charge on any atom is -0.328 e. The molecule has 0 saturated heterocycles. The van der Waals surface area contributed by atoms with Crippen molar-refractivity contribution in [1.82, 2.24) is 10.4 Å². The number of pyridine rings is 1. The van der Waals surface area contributed by atoms with Gasteiger partial charge in [-0.15, -0.1) is 0 Å². The molecule has 12 heavy (non-hydrogen) atoms. The van der Waals surface area contributed by atoms with Gasteiger partial charge in [0, 0.05) is 6.20 Å². The largest absolute Gasteiger partial charge is 0.328 e. The smallest absolute Gasteiger partial charge is 0.270 e. The molecule has 1 heterocycles. The summed E-state index contributed by atoms with van der Waals surface area (Å²) in [5.74, 6) is 4.29. The fourth-order valence-corrected chi connectivity index (χ4v) is 0.838. The van der Waals surface area contributed by atoms with Crippen LogP contribution in [0.2, 0.25) is 0 Å². The molecule has 0 saturated carbocycles. The molecule has 0 aliphatic rings. The number of hydrogen-bond acceptors (Lipinski definition) is 3. The molecule has 0 aromatic carbocycles. The van der Waals surface area contributed by atoms with E-state index in [1.807, 2.05) is 5.43 Å². The molecule has 0 fully saturated rings. The molecule has 4 N–H and O–H groups in total. The zero-order chi connectivity index (χ0) is 9.14. The summed E-state index contributed by atoms with van der Waals surface area (Å²) in [6, 6.07) is 1.47. The minimum atomic E-state index is -0.583. The van der Waals surface area contributed by atoms with Crippen LogP contribution in [0.25, 0.3) is 0 Å². The average molecular weight is 167 g/mol. The molecular weight excluding hydrogens is 158 g/mol. The maximum Gasteiger partial charge on any atom is 0.270 e. The van der Waals surface area contributed by atoms with Gasteiger partial charge in [-0.25, -0.2) is 5.84 Å². The normalized spacial score (nSPS) is 9.50. The van der Waals surface area contributed by atoms with E-state index in [1.165, 1.54) is 12.3 Å². The van der Waals surface area contributed by atoms with Gasteiger partial charge in [-0.3, -0.25) is 15.0 Å². The Morgan fingerprint density at radius 2 is 2.33 bits per heavy atom. The highest BCUT2D eigenvalue weighted by Crippen LogP contribution is 1.94. The van der Waals surface area contributed by atoms with Crippen molar-refractivity contribution in [2.75, 3.05) is 0 Å².